The lowest BCUT2D eigenvalue weighted by Gasteiger charge is -2.16. The van der Waals surface area contributed by atoms with Crippen LogP contribution < -0.4 is 5.32 Å². The van der Waals surface area contributed by atoms with E-state index >= 15 is 0 Å². The highest BCUT2D eigenvalue weighted by atomic mass is 35.5. The number of alkyl carbamates (subject to hydrolysis) is 1. The zero-order valence-electron chi connectivity index (χ0n) is 19.3. The van der Waals surface area contributed by atoms with Crippen molar-refractivity contribution < 1.29 is 24.2 Å². The Bertz CT molecular complexity index is 1380. The van der Waals surface area contributed by atoms with Gasteiger partial charge in [-0.1, -0.05) is 54.1 Å². The summed E-state index contributed by atoms with van der Waals surface area (Å²) in [4.78, 5) is 41.0. The van der Waals surface area contributed by atoms with Crippen molar-refractivity contribution >= 4 is 40.8 Å². The van der Waals surface area contributed by atoms with Crippen LogP contribution in [0.25, 0.3) is 11.3 Å². The molecule has 0 spiro atoms. The SMILES string of the molecule is O=C(O)CC(NC(=O)OCc1ccccc1)C(=O)Cn1nnnc1Cc1nc(-c2ccc(Cl)cc2)cs1. The highest BCUT2D eigenvalue weighted by molar-refractivity contribution is 7.10. The minimum atomic E-state index is -1.32. The molecule has 2 heterocycles. The van der Waals surface area contributed by atoms with E-state index in [1.165, 1.54) is 16.0 Å². The average Bonchev–Trinajstić information content (AvgIpc) is 3.53. The van der Waals surface area contributed by atoms with E-state index in [-0.39, 0.29) is 19.6 Å². The molecule has 0 saturated carbocycles. The normalized spacial score (nSPS) is 11.6. The maximum atomic E-state index is 12.9. The zero-order chi connectivity index (χ0) is 26.2. The predicted molar refractivity (Wildman–Crippen MR) is 134 cm³/mol. The molecule has 2 aromatic carbocycles. The van der Waals surface area contributed by atoms with Crippen molar-refractivity contribution in [3.63, 3.8) is 0 Å². The van der Waals surface area contributed by atoms with Crippen LogP contribution in [0, 0.1) is 0 Å². The molecule has 11 nitrogen and oxygen atoms in total. The topological polar surface area (TPSA) is 149 Å². The Labute approximate surface area is 220 Å². The summed E-state index contributed by atoms with van der Waals surface area (Å²) >= 11 is 7.36. The standard InChI is InChI=1S/C24H21ClN6O5S/c25-17-8-6-16(7-9-17)19-14-37-22(26-19)11-21-28-29-30-31(21)12-20(32)18(10-23(33)34)27-24(35)36-13-15-4-2-1-3-5-15/h1-9,14,18H,10-13H2,(H,27,35)(H,33,34). The second kappa shape index (κ2) is 12.2. The van der Waals surface area contributed by atoms with Crippen molar-refractivity contribution in [1.82, 2.24) is 30.5 Å². The molecule has 0 bridgehead atoms. The molecule has 0 radical (unpaired) electrons. The van der Waals surface area contributed by atoms with Crippen molar-refractivity contribution in [3.8, 4) is 11.3 Å². The number of halogens is 1. The molecule has 2 aromatic heterocycles. The van der Waals surface area contributed by atoms with E-state index < -0.39 is 30.3 Å². The third kappa shape index (κ3) is 7.41. The smallest absolute Gasteiger partial charge is 0.408 e. The summed E-state index contributed by atoms with van der Waals surface area (Å²) in [5, 5.41) is 26.3. The van der Waals surface area contributed by atoms with Gasteiger partial charge in [-0.05, 0) is 28.1 Å². The number of Topliss-reactive ketones (excluding diaryl/α,β-unsaturated/α-hetero) is 1. The molecule has 0 aliphatic heterocycles. The van der Waals surface area contributed by atoms with Gasteiger partial charge in [0.05, 0.1) is 18.5 Å². The van der Waals surface area contributed by atoms with Gasteiger partial charge in [-0.2, -0.15) is 0 Å². The Hall–Kier alpha value is -4.16. The van der Waals surface area contributed by atoms with Gasteiger partial charge >= 0.3 is 12.1 Å². The Morgan fingerprint density at radius 3 is 2.59 bits per heavy atom. The van der Waals surface area contributed by atoms with Gasteiger partial charge in [-0.15, -0.1) is 16.4 Å². The summed E-state index contributed by atoms with van der Waals surface area (Å²) < 4.78 is 6.38. The van der Waals surface area contributed by atoms with Gasteiger partial charge in [0.15, 0.2) is 11.6 Å². The number of ketones is 1. The summed E-state index contributed by atoms with van der Waals surface area (Å²) in [7, 11) is 0. The van der Waals surface area contributed by atoms with E-state index in [0.717, 1.165) is 21.8 Å². The van der Waals surface area contributed by atoms with Crippen molar-refractivity contribution in [2.24, 2.45) is 0 Å². The van der Waals surface area contributed by atoms with Crippen LogP contribution in [0.1, 0.15) is 22.8 Å². The highest BCUT2D eigenvalue weighted by Crippen LogP contribution is 2.24. The van der Waals surface area contributed by atoms with Gasteiger partial charge in [-0.25, -0.2) is 14.5 Å². The minimum Gasteiger partial charge on any atom is -0.481 e. The summed E-state index contributed by atoms with van der Waals surface area (Å²) in [6.07, 6.45) is -1.26. The number of amides is 1. The molecule has 1 amide bonds. The lowest BCUT2D eigenvalue weighted by Crippen LogP contribution is -2.44. The maximum Gasteiger partial charge on any atom is 0.408 e. The number of tetrazole rings is 1. The first-order chi connectivity index (χ1) is 17.9. The number of nitrogens with zero attached hydrogens (tertiary/aromatic N) is 5. The van der Waals surface area contributed by atoms with Crippen LogP contribution in [-0.2, 0) is 33.9 Å². The lowest BCUT2D eigenvalue weighted by atomic mass is 10.1. The van der Waals surface area contributed by atoms with Crippen LogP contribution >= 0.6 is 22.9 Å². The summed E-state index contributed by atoms with van der Waals surface area (Å²) in [6, 6.07) is 14.9. The van der Waals surface area contributed by atoms with Gasteiger partial charge in [0, 0.05) is 16.0 Å². The largest absolute Gasteiger partial charge is 0.481 e. The molecule has 37 heavy (non-hydrogen) atoms. The number of aliphatic carboxylic acids is 1. The Morgan fingerprint density at radius 1 is 1.11 bits per heavy atom. The number of ether oxygens (including phenoxy) is 1. The molecule has 13 heteroatoms. The van der Waals surface area contributed by atoms with Crippen molar-refractivity contribution in [1.29, 1.82) is 0 Å². The van der Waals surface area contributed by atoms with Crippen LogP contribution in [0.5, 0.6) is 0 Å². The van der Waals surface area contributed by atoms with E-state index in [0.29, 0.717) is 10.8 Å². The first-order valence-corrected chi connectivity index (χ1v) is 12.3. The number of carbonyl (C=O) groups excluding carboxylic acids is 2. The Morgan fingerprint density at radius 2 is 1.86 bits per heavy atom. The highest BCUT2D eigenvalue weighted by Gasteiger charge is 2.26. The number of aromatic nitrogens is 5. The van der Waals surface area contributed by atoms with Crippen LogP contribution in [0.2, 0.25) is 5.02 Å². The molecule has 1 unspecified atom stereocenters. The van der Waals surface area contributed by atoms with E-state index in [9.17, 15) is 19.5 Å². The molecule has 0 aliphatic rings. The first-order valence-electron chi connectivity index (χ1n) is 11.0. The number of benzene rings is 2. The molecular weight excluding hydrogens is 520 g/mol. The number of carboxylic acid groups (broad SMARTS) is 1. The Balaban J connectivity index is 1.38. The quantitative estimate of drug-likeness (QED) is 0.292. The zero-order valence-corrected chi connectivity index (χ0v) is 20.9. The number of carboxylic acids is 1. The number of thiazole rings is 1. The lowest BCUT2D eigenvalue weighted by molar-refractivity contribution is -0.139. The molecule has 0 saturated heterocycles. The molecular formula is C24H21ClN6O5S. The van der Waals surface area contributed by atoms with Gasteiger partial charge < -0.3 is 15.2 Å². The molecule has 1 atom stereocenters. The fourth-order valence-corrected chi connectivity index (χ4v) is 4.26. The number of hydrogen-bond acceptors (Lipinski definition) is 9. The molecule has 2 N–H and O–H groups in total. The summed E-state index contributed by atoms with van der Waals surface area (Å²) in [5.41, 5.74) is 2.42. The van der Waals surface area contributed by atoms with Gasteiger partial charge in [-0.3, -0.25) is 9.59 Å². The summed E-state index contributed by atoms with van der Waals surface area (Å²) in [5.74, 6) is -1.48. The average molecular weight is 541 g/mol. The van der Waals surface area contributed by atoms with Gasteiger partial charge in [0.1, 0.15) is 24.2 Å². The maximum absolute atomic E-state index is 12.9. The summed E-state index contributed by atoms with van der Waals surface area (Å²) in [6.45, 7) is -0.363. The Kier molecular flexibility index (Phi) is 8.54. The van der Waals surface area contributed by atoms with Crippen LogP contribution in [0.15, 0.2) is 60.0 Å². The molecule has 0 aliphatic carbocycles. The van der Waals surface area contributed by atoms with Crippen molar-refractivity contribution in [2.45, 2.75) is 32.0 Å². The van der Waals surface area contributed by atoms with Gasteiger partial charge in [0.2, 0.25) is 0 Å². The third-order valence-electron chi connectivity index (χ3n) is 5.18. The second-order valence-electron chi connectivity index (χ2n) is 7.89. The van der Waals surface area contributed by atoms with E-state index in [1.807, 2.05) is 23.6 Å². The third-order valence-corrected chi connectivity index (χ3v) is 6.29. The van der Waals surface area contributed by atoms with Crippen LogP contribution in [0.3, 0.4) is 0 Å². The number of carbonyl (C=O) groups is 3. The van der Waals surface area contributed by atoms with E-state index in [1.54, 1.807) is 36.4 Å². The fraction of sp³-hybridized carbons (Fsp3) is 0.208. The molecule has 0 fully saturated rings. The van der Waals surface area contributed by atoms with Crippen molar-refractivity contribution in [3.05, 3.63) is 81.4 Å². The monoisotopic (exact) mass is 540 g/mol. The molecule has 190 valence electrons. The fourth-order valence-electron chi connectivity index (χ4n) is 3.34. The molecule has 4 rings (SSSR count). The number of rotatable bonds is 11. The van der Waals surface area contributed by atoms with E-state index in [4.69, 9.17) is 16.3 Å². The van der Waals surface area contributed by atoms with Crippen LogP contribution in [0.4, 0.5) is 4.79 Å². The van der Waals surface area contributed by atoms with Gasteiger partial charge in [0.25, 0.3) is 0 Å². The minimum absolute atomic E-state index is 0.0242. The van der Waals surface area contributed by atoms with Crippen molar-refractivity contribution in [2.75, 3.05) is 0 Å². The predicted octanol–water partition coefficient (Wildman–Crippen LogP) is 3.38. The molecule has 4 aromatic rings. The second-order valence-corrected chi connectivity index (χ2v) is 9.26. The van der Waals surface area contributed by atoms with E-state index in [2.05, 4.69) is 25.8 Å². The number of nitrogens with one attached hydrogen (secondary N) is 1. The van der Waals surface area contributed by atoms with Crippen LogP contribution in [-0.4, -0.2) is 54.2 Å². The first kappa shape index (κ1) is 25.9. The number of hydrogen-bond donors (Lipinski definition) is 2.